The lowest BCUT2D eigenvalue weighted by Gasteiger charge is -2.14. The smallest absolute Gasteiger partial charge is 0.287 e. The van der Waals surface area contributed by atoms with E-state index in [9.17, 15) is 13.2 Å². The van der Waals surface area contributed by atoms with Gasteiger partial charge in [0.2, 0.25) is 0 Å². The van der Waals surface area contributed by atoms with Gasteiger partial charge in [-0.2, -0.15) is 13.2 Å². The largest absolute Gasteiger partial charge is 0.419 e. The van der Waals surface area contributed by atoms with Gasteiger partial charge in [-0.15, -0.1) is 10.2 Å². The van der Waals surface area contributed by atoms with Crippen molar-refractivity contribution in [3.8, 4) is 5.69 Å². The molecule has 8 heteroatoms. The molecule has 0 spiro atoms. The molecule has 0 radical (unpaired) electrons. The molecule has 0 aliphatic carbocycles. The van der Waals surface area contributed by atoms with Gasteiger partial charge in [-0.05, 0) is 12.1 Å². The van der Waals surface area contributed by atoms with Crippen molar-refractivity contribution in [3.05, 3.63) is 40.4 Å². The summed E-state index contributed by atoms with van der Waals surface area (Å²) in [6.45, 7) is 0. The Kier molecular flexibility index (Phi) is 3.01. The standard InChI is InChI=1S/C9H4Cl2F3N3/c10-5-1-2-6(17-3-15-16-4-17)8(11)7(5)9(12,13)14/h1-4H. The first-order chi connectivity index (χ1) is 7.91. The average molecular weight is 282 g/mol. The van der Waals surface area contributed by atoms with Gasteiger partial charge in [0, 0.05) is 0 Å². The topological polar surface area (TPSA) is 30.7 Å². The first-order valence-electron chi connectivity index (χ1n) is 4.31. The van der Waals surface area contributed by atoms with Crippen molar-refractivity contribution in [2.24, 2.45) is 0 Å². The number of rotatable bonds is 1. The third-order valence-corrected chi connectivity index (χ3v) is 2.75. The quantitative estimate of drug-likeness (QED) is 0.800. The minimum absolute atomic E-state index is 0.119. The number of benzene rings is 1. The number of hydrogen-bond acceptors (Lipinski definition) is 2. The summed E-state index contributed by atoms with van der Waals surface area (Å²) in [4.78, 5) is 0. The number of hydrogen-bond donors (Lipinski definition) is 0. The van der Waals surface area contributed by atoms with Crippen molar-refractivity contribution in [2.75, 3.05) is 0 Å². The molecule has 0 unspecified atom stereocenters. The van der Waals surface area contributed by atoms with Crippen molar-refractivity contribution < 1.29 is 13.2 Å². The fraction of sp³-hybridized carbons (Fsp3) is 0.111. The summed E-state index contributed by atoms with van der Waals surface area (Å²) in [5.74, 6) is 0. The van der Waals surface area contributed by atoms with Crippen molar-refractivity contribution in [2.45, 2.75) is 6.18 Å². The lowest BCUT2D eigenvalue weighted by molar-refractivity contribution is -0.137. The molecule has 17 heavy (non-hydrogen) atoms. The first-order valence-corrected chi connectivity index (χ1v) is 5.07. The van der Waals surface area contributed by atoms with E-state index < -0.39 is 21.8 Å². The predicted octanol–water partition coefficient (Wildman–Crippen LogP) is 3.59. The minimum atomic E-state index is -4.61. The van der Waals surface area contributed by atoms with Crippen LogP contribution in [-0.2, 0) is 6.18 Å². The molecule has 0 saturated carbocycles. The second-order valence-electron chi connectivity index (χ2n) is 3.12. The van der Waals surface area contributed by atoms with Crippen molar-refractivity contribution in [3.63, 3.8) is 0 Å². The third kappa shape index (κ3) is 2.23. The Labute approximate surface area is 104 Å². The molecule has 0 saturated heterocycles. The Balaban J connectivity index is 2.66. The Hall–Kier alpha value is -1.27. The Morgan fingerprint density at radius 3 is 2.18 bits per heavy atom. The third-order valence-electron chi connectivity index (χ3n) is 2.05. The van der Waals surface area contributed by atoms with Gasteiger partial charge in [-0.3, -0.25) is 4.57 Å². The van der Waals surface area contributed by atoms with Crippen LogP contribution in [0.5, 0.6) is 0 Å². The monoisotopic (exact) mass is 281 g/mol. The van der Waals surface area contributed by atoms with E-state index in [1.54, 1.807) is 0 Å². The minimum Gasteiger partial charge on any atom is -0.287 e. The molecular weight excluding hydrogens is 278 g/mol. The van der Waals surface area contributed by atoms with Crippen molar-refractivity contribution >= 4 is 23.2 Å². The van der Waals surface area contributed by atoms with Crippen molar-refractivity contribution in [1.29, 1.82) is 0 Å². The van der Waals surface area contributed by atoms with E-state index in [0.717, 1.165) is 6.07 Å². The van der Waals surface area contributed by atoms with E-state index >= 15 is 0 Å². The fourth-order valence-corrected chi connectivity index (χ4v) is 2.01. The lowest BCUT2D eigenvalue weighted by Crippen LogP contribution is -2.08. The van der Waals surface area contributed by atoms with Crippen LogP contribution < -0.4 is 0 Å². The van der Waals surface area contributed by atoms with Crippen LogP contribution in [0, 0.1) is 0 Å². The van der Waals surface area contributed by atoms with Crippen molar-refractivity contribution in [1.82, 2.24) is 14.8 Å². The Morgan fingerprint density at radius 2 is 1.65 bits per heavy atom. The highest BCUT2D eigenvalue weighted by atomic mass is 35.5. The van der Waals surface area contributed by atoms with Crippen LogP contribution in [0.15, 0.2) is 24.8 Å². The van der Waals surface area contributed by atoms with Gasteiger partial charge in [-0.1, -0.05) is 23.2 Å². The van der Waals surface area contributed by atoms with Crippen LogP contribution in [0.1, 0.15) is 5.56 Å². The summed E-state index contributed by atoms with van der Waals surface area (Å²) >= 11 is 11.2. The number of nitrogens with zero attached hydrogens (tertiary/aromatic N) is 3. The van der Waals surface area contributed by atoms with Gasteiger partial charge in [0.1, 0.15) is 12.7 Å². The zero-order chi connectivity index (χ0) is 12.6. The molecule has 0 amide bonds. The molecule has 0 fully saturated rings. The lowest BCUT2D eigenvalue weighted by atomic mass is 10.2. The van der Waals surface area contributed by atoms with E-state index in [4.69, 9.17) is 23.2 Å². The van der Waals surface area contributed by atoms with Crippen LogP contribution in [0.2, 0.25) is 10.0 Å². The highest BCUT2D eigenvalue weighted by Gasteiger charge is 2.37. The average Bonchev–Trinajstić information content (AvgIpc) is 2.68. The van der Waals surface area contributed by atoms with Crippen LogP contribution >= 0.6 is 23.2 Å². The van der Waals surface area contributed by atoms with Gasteiger partial charge in [-0.25, -0.2) is 0 Å². The zero-order valence-corrected chi connectivity index (χ0v) is 9.55. The predicted molar refractivity (Wildman–Crippen MR) is 56.4 cm³/mol. The van der Waals surface area contributed by atoms with E-state index in [-0.39, 0.29) is 5.69 Å². The van der Waals surface area contributed by atoms with Gasteiger partial charge < -0.3 is 0 Å². The molecule has 0 N–H and O–H groups in total. The van der Waals surface area contributed by atoms with E-state index in [1.807, 2.05) is 0 Å². The van der Waals surface area contributed by atoms with E-state index in [0.29, 0.717) is 0 Å². The molecule has 1 aromatic carbocycles. The second kappa shape index (κ2) is 4.19. The maximum Gasteiger partial charge on any atom is 0.419 e. The molecule has 1 heterocycles. The summed E-state index contributed by atoms with van der Waals surface area (Å²) in [6, 6.07) is 2.49. The normalized spacial score (nSPS) is 11.8. The molecule has 2 rings (SSSR count). The maximum atomic E-state index is 12.7. The molecule has 3 nitrogen and oxygen atoms in total. The Bertz CT molecular complexity index is 537. The zero-order valence-electron chi connectivity index (χ0n) is 8.04. The fourth-order valence-electron chi connectivity index (χ4n) is 1.33. The van der Waals surface area contributed by atoms with Crippen LogP contribution in [0.25, 0.3) is 5.69 Å². The number of aromatic nitrogens is 3. The molecule has 0 aliphatic rings. The summed E-state index contributed by atoms with van der Waals surface area (Å²) in [5.41, 5.74) is -0.944. The molecule has 2 aromatic rings. The van der Waals surface area contributed by atoms with Gasteiger partial charge in [0.25, 0.3) is 0 Å². The van der Waals surface area contributed by atoms with E-state index in [1.165, 1.54) is 23.3 Å². The molecule has 0 bridgehead atoms. The molecule has 0 aliphatic heterocycles. The summed E-state index contributed by atoms with van der Waals surface area (Å²) in [6.07, 6.45) is -2.12. The SMILES string of the molecule is FC(F)(F)c1c(Cl)ccc(-n2cnnc2)c1Cl. The molecule has 90 valence electrons. The Morgan fingerprint density at radius 1 is 1.06 bits per heavy atom. The molecule has 1 aromatic heterocycles. The maximum absolute atomic E-state index is 12.7. The first kappa shape index (κ1) is 12.2. The molecular formula is C9H4Cl2F3N3. The second-order valence-corrected chi connectivity index (χ2v) is 3.91. The number of halogens is 5. The van der Waals surface area contributed by atoms with E-state index in [2.05, 4.69) is 10.2 Å². The van der Waals surface area contributed by atoms with Crippen LogP contribution in [0.4, 0.5) is 13.2 Å². The summed E-state index contributed by atoms with van der Waals surface area (Å²) < 4.78 is 39.4. The molecule has 0 atom stereocenters. The summed E-state index contributed by atoms with van der Waals surface area (Å²) in [7, 11) is 0. The highest BCUT2D eigenvalue weighted by Crippen LogP contribution is 2.41. The summed E-state index contributed by atoms with van der Waals surface area (Å²) in [5, 5.41) is 6.06. The van der Waals surface area contributed by atoms with Gasteiger partial charge in [0.05, 0.1) is 21.3 Å². The van der Waals surface area contributed by atoms with Crippen LogP contribution in [-0.4, -0.2) is 14.8 Å². The van der Waals surface area contributed by atoms with Gasteiger partial charge >= 0.3 is 6.18 Å². The van der Waals surface area contributed by atoms with Crippen LogP contribution in [0.3, 0.4) is 0 Å². The number of alkyl halides is 3. The highest BCUT2D eigenvalue weighted by molar-refractivity contribution is 6.37. The van der Waals surface area contributed by atoms with Gasteiger partial charge in [0.15, 0.2) is 0 Å².